The lowest BCUT2D eigenvalue weighted by Gasteiger charge is -2.06. The number of nitrogens with one attached hydrogen (secondary N) is 2. The molecule has 1 amide bonds. The molecule has 0 radical (unpaired) electrons. The highest BCUT2D eigenvalue weighted by Crippen LogP contribution is 2.17. The molecule has 3 rings (SSSR count). The zero-order chi connectivity index (χ0) is 15.4. The molecule has 0 atom stereocenters. The first-order valence-corrected chi connectivity index (χ1v) is 7.73. The van der Waals surface area contributed by atoms with E-state index in [-0.39, 0.29) is 5.91 Å². The minimum Gasteiger partial charge on any atom is -0.362 e. The van der Waals surface area contributed by atoms with Gasteiger partial charge in [-0.1, -0.05) is 0 Å². The average Bonchev–Trinajstić information content (AvgIpc) is 3.20. The highest BCUT2D eigenvalue weighted by Gasteiger charge is 2.10. The van der Waals surface area contributed by atoms with Crippen molar-refractivity contribution in [2.24, 2.45) is 0 Å². The van der Waals surface area contributed by atoms with Gasteiger partial charge in [0.05, 0.1) is 6.33 Å². The summed E-state index contributed by atoms with van der Waals surface area (Å²) in [5, 5.41) is 8.42. The molecule has 0 aliphatic rings. The van der Waals surface area contributed by atoms with Crippen LogP contribution in [0, 0.1) is 0 Å². The Bertz CT molecular complexity index is 749. The van der Waals surface area contributed by atoms with Crippen molar-refractivity contribution in [2.45, 2.75) is 6.92 Å². The molecule has 112 valence electrons. The van der Waals surface area contributed by atoms with E-state index in [1.54, 1.807) is 17.9 Å². The van der Waals surface area contributed by atoms with Gasteiger partial charge in [-0.25, -0.2) is 9.97 Å². The van der Waals surface area contributed by atoms with Gasteiger partial charge in [-0.15, -0.1) is 11.3 Å². The van der Waals surface area contributed by atoms with E-state index < -0.39 is 0 Å². The zero-order valence-corrected chi connectivity index (χ0v) is 12.8. The third kappa shape index (κ3) is 3.15. The number of rotatable bonds is 5. The molecule has 1 aromatic carbocycles. The molecular formula is C15H15N5OS. The monoisotopic (exact) mass is 313 g/mol. The van der Waals surface area contributed by atoms with E-state index in [9.17, 15) is 4.79 Å². The topological polar surface area (TPSA) is 71.8 Å². The molecule has 0 bridgehead atoms. The van der Waals surface area contributed by atoms with Crippen LogP contribution in [-0.4, -0.2) is 27.0 Å². The minimum absolute atomic E-state index is 0.212. The van der Waals surface area contributed by atoms with Crippen LogP contribution >= 0.6 is 11.3 Å². The highest BCUT2D eigenvalue weighted by molar-refractivity contribution is 7.13. The van der Waals surface area contributed by atoms with Crippen LogP contribution in [-0.2, 0) is 0 Å². The summed E-state index contributed by atoms with van der Waals surface area (Å²) < 4.78 is 1.90. The normalized spacial score (nSPS) is 10.4. The van der Waals surface area contributed by atoms with Crippen LogP contribution in [0.4, 0.5) is 10.8 Å². The summed E-state index contributed by atoms with van der Waals surface area (Å²) in [6.07, 6.45) is 5.32. The third-order valence-electron chi connectivity index (χ3n) is 2.99. The van der Waals surface area contributed by atoms with Crippen molar-refractivity contribution in [3.63, 3.8) is 0 Å². The fraction of sp³-hybridized carbons (Fsp3) is 0.133. The lowest BCUT2D eigenvalue weighted by molar-refractivity contribution is 0.102. The number of aromatic nitrogens is 3. The second kappa shape index (κ2) is 6.40. The fourth-order valence-corrected chi connectivity index (χ4v) is 2.70. The Morgan fingerprint density at radius 2 is 2.14 bits per heavy atom. The standard InChI is InChI=1S/C15H15N5OS/c1-2-17-15-19-13(9-22-15)14(21)18-11-3-5-12(6-4-11)20-8-7-16-10-20/h3-10H,2H2,1H3,(H,17,19)(H,18,21). The van der Waals surface area contributed by atoms with E-state index in [1.165, 1.54) is 11.3 Å². The molecule has 7 heteroatoms. The molecule has 0 aliphatic heterocycles. The number of amides is 1. The van der Waals surface area contributed by atoms with Crippen LogP contribution in [0.3, 0.4) is 0 Å². The van der Waals surface area contributed by atoms with E-state index in [4.69, 9.17) is 0 Å². The number of hydrogen-bond acceptors (Lipinski definition) is 5. The van der Waals surface area contributed by atoms with Crippen molar-refractivity contribution in [2.75, 3.05) is 17.2 Å². The van der Waals surface area contributed by atoms with Crippen molar-refractivity contribution >= 4 is 28.1 Å². The molecule has 0 aliphatic carbocycles. The van der Waals surface area contributed by atoms with Gasteiger partial charge in [0.2, 0.25) is 0 Å². The predicted octanol–water partition coefficient (Wildman–Crippen LogP) is 3.01. The second-order valence-corrected chi connectivity index (χ2v) is 5.40. The Morgan fingerprint density at radius 1 is 1.32 bits per heavy atom. The summed E-state index contributed by atoms with van der Waals surface area (Å²) in [5.41, 5.74) is 2.13. The van der Waals surface area contributed by atoms with Crippen molar-refractivity contribution in [1.82, 2.24) is 14.5 Å². The Hall–Kier alpha value is -2.67. The molecule has 0 saturated carbocycles. The summed E-state index contributed by atoms with van der Waals surface area (Å²) in [7, 11) is 0. The maximum atomic E-state index is 12.1. The molecule has 22 heavy (non-hydrogen) atoms. The molecule has 3 aromatic rings. The van der Waals surface area contributed by atoms with E-state index in [0.717, 1.165) is 23.1 Å². The first-order valence-electron chi connectivity index (χ1n) is 6.85. The lowest BCUT2D eigenvalue weighted by Crippen LogP contribution is -2.12. The molecule has 6 nitrogen and oxygen atoms in total. The van der Waals surface area contributed by atoms with Gasteiger partial charge in [0.15, 0.2) is 5.13 Å². The van der Waals surface area contributed by atoms with Gasteiger partial charge in [0.25, 0.3) is 5.91 Å². The largest absolute Gasteiger partial charge is 0.362 e. The zero-order valence-electron chi connectivity index (χ0n) is 12.0. The smallest absolute Gasteiger partial charge is 0.275 e. The van der Waals surface area contributed by atoms with Gasteiger partial charge in [0.1, 0.15) is 5.69 Å². The van der Waals surface area contributed by atoms with Gasteiger partial charge in [-0.05, 0) is 31.2 Å². The van der Waals surface area contributed by atoms with Crippen molar-refractivity contribution in [3.8, 4) is 5.69 Å². The van der Waals surface area contributed by atoms with E-state index in [1.807, 2.05) is 42.0 Å². The van der Waals surface area contributed by atoms with Gasteiger partial charge >= 0.3 is 0 Å². The van der Waals surface area contributed by atoms with Crippen molar-refractivity contribution in [3.05, 3.63) is 54.1 Å². The Balaban J connectivity index is 1.68. The van der Waals surface area contributed by atoms with Crippen LogP contribution in [0.1, 0.15) is 17.4 Å². The molecule has 0 spiro atoms. The molecule has 0 unspecified atom stereocenters. The molecule has 0 saturated heterocycles. The quantitative estimate of drug-likeness (QED) is 0.759. The third-order valence-corrected chi connectivity index (χ3v) is 3.79. The predicted molar refractivity (Wildman–Crippen MR) is 87.8 cm³/mol. The Kier molecular flexibility index (Phi) is 4.15. The summed E-state index contributed by atoms with van der Waals surface area (Å²) in [6, 6.07) is 7.54. The van der Waals surface area contributed by atoms with Crippen molar-refractivity contribution < 1.29 is 4.79 Å². The van der Waals surface area contributed by atoms with Gasteiger partial charge in [0, 0.05) is 35.7 Å². The first-order chi connectivity index (χ1) is 10.8. The Morgan fingerprint density at radius 3 is 2.82 bits per heavy atom. The highest BCUT2D eigenvalue weighted by atomic mass is 32.1. The first kappa shape index (κ1) is 14.3. The lowest BCUT2D eigenvalue weighted by atomic mass is 10.2. The second-order valence-electron chi connectivity index (χ2n) is 4.54. The summed E-state index contributed by atoms with van der Waals surface area (Å²) in [4.78, 5) is 20.4. The van der Waals surface area contributed by atoms with Gasteiger partial charge < -0.3 is 15.2 Å². The average molecular weight is 313 g/mol. The molecular weight excluding hydrogens is 298 g/mol. The fourth-order valence-electron chi connectivity index (χ4n) is 1.93. The number of thiazole rings is 1. The van der Waals surface area contributed by atoms with Crippen molar-refractivity contribution in [1.29, 1.82) is 0 Å². The summed E-state index contributed by atoms with van der Waals surface area (Å²) >= 11 is 1.42. The minimum atomic E-state index is -0.212. The number of hydrogen-bond donors (Lipinski definition) is 2. The number of carbonyl (C=O) groups excluding carboxylic acids is 1. The summed E-state index contributed by atoms with van der Waals surface area (Å²) in [6.45, 7) is 2.77. The van der Waals surface area contributed by atoms with Crippen LogP contribution in [0.5, 0.6) is 0 Å². The SMILES string of the molecule is CCNc1nc(C(=O)Nc2ccc(-n3ccnc3)cc2)cs1. The van der Waals surface area contributed by atoms with Crippen LogP contribution in [0.15, 0.2) is 48.4 Å². The number of anilines is 2. The van der Waals surface area contributed by atoms with Gasteiger partial charge in [-0.2, -0.15) is 0 Å². The maximum Gasteiger partial charge on any atom is 0.275 e. The van der Waals surface area contributed by atoms with E-state index in [2.05, 4.69) is 20.6 Å². The van der Waals surface area contributed by atoms with Crippen LogP contribution in [0.2, 0.25) is 0 Å². The molecule has 2 heterocycles. The number of nitrogens with zero attached hydrogens (tertiary/aromatic N) is 3. The van der Waals surface area contributed by atoms with E-state index in [0.29, 0.717) is 5.69 Å². The number of carbonyl (C=O) groups is 1. The summed E-state index contributed by atoms with van der Waals surface area (Å²) in [5.74, 6) is -0.212. The number of imidazole rings is 1. The van der Waals surface area contributed by atoms with Crippen LogP contribution in [0.25, 0.3) is 5.69 Å². The van der Waals surface area contributed by atoms with E-state index >= 15 is 0 Å². The molecule has 2 N–H and O–H groups in total. The van der Waals surface area contributed by atoms with Gasteiger partial charge in [-0.3, -0.25) is 4.79 Å². The molecule has 0 fully saturated rings. The number of benzene rings is 1. The maximum absolute atomic E-state index is 12.1. The van der Waals surface area contributed by atoms with Crippen LogP contribution < -0.4 is 10.6 Å². The Labute approximate surface area is 131 Å². The molecule has 2 aromatic heterocycles.